The van der Waals surface area contributed by atoms with E-state index in [1.54, 1.807) is 6.21 Å². The Morgan fingerprint density at radius 2 is 1.97 bits per heavy atom. The molecule has 11 heteroatoms. The zero-order valence-corrected chi connectivity index (χ0v) is 20.1. The lowest BCUT2D eigenvalue weighted by Crippen LogP contribution is -2.30. The molecule has 2 heterocycles. The Morgan fingerprint density at radius 1 is 1.24 bits per heavy atom. The molecule has 1 unspecified atom stereocenters. The molecule has 0 fully saturated rings. The van der Waals surface area contributed by atoms with Gasteiger partial charge in [-0.25, -0.2) is 10.2 Å². The van der Waals surface area contributed by atoms with Crippen LogP contribution in [0.3, 0.4) is 0 Å². The van der Waals surface area contributed by atoms with Crippen molar-refractivity contribution in [2.75, 3.05) is 12.0 Å². The molecule has 0 aliphatic rings. The Bertz CT molecular complexity index is 1460. The van der Waals surface area contributed by atoms with Crippen LogP contribution in [-0.2, 0) is 13.6 Å². The lowest BCUT2D eigenvalue weighted by Gasteiger charge is -2.16. The topological polar surface area (TPSA) is 127 Å². The van der Waals surface area contributed by atoms with Gasteiger partial charge in [-0.1, -0.05) is 46.3 Å². The highest BCUT2D eigenvalue weighted by molar-refractivity contribution is 9.10. The number of para-hydroxylation sites is 1. The zero-order chi connectivity index (χ0) is 24.2. The molecular weight excluding hydrogens is 504 g/mol. The third-order valence-corrected chi connectivity index (χ3v) is 5.70. The summed E-state index contributed by atoms with van der Waals surface area (Å²) in [6.45, 7) is 1.90. The molecule has 0 radical (unpaired) electrons. The molecule has 3 N–H and O–H groups in total. The molecule has 4 rings (SSSR count). The van der Waals surface area contributed by atoms with E-state index in [-0.39, 0.29) is 30.3 Å². The SMILES string of the molecule is Cc1ccccc1OCC(O)Cn1c(NN=Cc2ccc(Br)cc2)nc2c1c(=O)[nH]c(=O)n2C. The highest BCUT2D eigenvalue weighted by Crippen LogP contribution is 2.19. The fraction of sp³-hybridized carbons (Fsp3) is 0.217. The van der Waals surface area contributed by atoms with Gasteiger partial charge in [0, 0.05) is 11.5 Å². The number of hydrogen-bond acceptors (Lipinski definition) is 7. The number of aromatic amines is 1. The second-order valence-electron chi connectivity index (χ2n) is 7.69. The van der Waals surface area contributed by atoms with Crippen LogP contribution in [0.1, 0.15) is 11.1 Å². The third-order valence-electron chi connectivity index (χ3n) is 5.17. The van der Waals surface area contributed by atoms with Crippen molar-refractivity contribution in [3.63, 3.8) is 0 Å². The van der Waals surface area contributed by atoms with Gasteiger partial charge in [-0.3, -0.25) is 14.3 Å². The largest absolute Gasteiger partial charge is 0.491 e. The number of benzene rings is 2. The van der Waals surface area contributed by atoms with Crippen molar-refractivity contribution in [2.24, 2.45) is 12.1 Å². The maximum atomic E-state index is 12.6. The van der Waals surface area contributed by atoms with Crippen LogP contribution >= 0.6 is 15.9 Å². The first-order chi connectivity index (χ1) is 16.3. The Balaban J connectivity index is 1.62. The second kappa shape index (κ2) is 10.1. The van der Waals surface area contributed by atoms with Gasteiger partial charge in [-0.15, -0.1) is 0 Å². The molecule has 2 aromatic heterocycles. The van der Waals surface area contributed by atoms with Gasteiger partial charge in [0.15, 0.2) is 11.2 Å². The summed E-state index contributed by atoms with van der Waals surface area (Å²) in [5.41, 5.74) is 3.71. The number of rotatable bonds is 8. The van der Waals surface area contributed by atoms with E-state index in [4.69, 9.17) is 4.74 Å². The van der Waals surface area contributed by atoms with Crippen LogP contribution in [0, 0.1) is 6.92 Å². The minimum Gasteiger partial charge on any atom is -0.491 e. The van der Waals surface area contributed by atoms with Gasteiger partial charge in [-0.05, 0) is 36.2 Å². The summed E-state index contributed by atoms with van der Waals surface area (Å²) in [4.78, 5) is 31.3. The van der Waals surface area contributed by atoms with Gasteiger partial charge < -0.3 is 14.4 Å². The number of ether oxygens (including phenoxy) is 1. The molecule has 0 amide bonds. The highest BCUT2D eigenvalue weighted by Gasteiger charge is 2.20. The van der Waals surface area contributed by atoms with E-state index in [9.17, 15) is 14.7 Å². The maximum Gasteiger partial charge on any atom is 0.329 e. The van der Waals surface area contributed by atoms with Crippen molar-refractivity contribution in [3.8, 4) is 5.75 Å². The molecule has 0 saturated carbocycles. The summed E-state index contributed by atoms with van der Waals surface area (Å²) in [5, 5.41) is 14.9. The number of aryl methyl sites for hydroxylation is 2. The molecule has 4 aromatic rings. The smallest absolute Gasteiger partial charge is 0.329 e. The van der Waals surface area contributed by atoms with Crippen LogP contribution in [-0.4, -0.2) is 43.1 Å². The summed E-state index contributed by atoms with van der Waals surface area (Å²) < 4.78 is 9.40. The normalized spacial score (nSPS) is 12.4. The van der Waals surface area contributed by atoms with Crippen molar-refractivity contribution in [3.05, 3.63) is 85.0 Å². The van der Waals surface area contributed by atoms with E-state index in [1.807, 2.05) is 55.5 Å². The molecule has 176 valence electrons. The van der Waals surface area contributed by atoms with Gasteiger partial charge in [0.05, 0.1) is 12.8 Å². The van der Waals surface area contributed by atoms with E-state index < -0.39 is 17.4 Å². The van der Waals surface area contributed by atoms with Crippen molar-refractivity contribution < 1.29 is 9.84 Å². The first-order valence-corrected chi connectivity index (χ1v) is 11.2. The van der Waals surface area contributed by atoms with Crippen molar-refractivity contribution >= 4 is 39.3 Å². The number of hydrazone groups is 1. The van der Waals surface area contributed by atoms with Crippen LogP contribution < -0.4 is 21.4 Å². The first-order valence-electron chi connectivity index (χ1n) is 10.4. The molecule has 0 bridgehead atoms. The summed E-state index contributed by atoms with van der Waals surface area (Å²) in [7, 11) is 1.50. The molecule has 34 heavy (non-hydrogen) atoms. The average molecular weight is 527 g/mol. The summed E-state index contributed by atoms with van der Waals surface area (Å²) in [6.07, 6.45) is 0.626. The van der Waals surface area contributed by atoms with Crippen LogP contribution in [0.5, 0.6) is 5.75 Å². The van der Waals surface area contributed by atoms with Crippen molar-refractivity contribution in [2.45, 2.75) is 19.6 Å². The molecule has 0 aliphatic carbocycles. The Hall–Kier alpha value is -3.70. The monoisotopic (exact) mass is 526 g/mol. The zero-order valence-electron chi connectivity index (χ0n) is 18.5. The van der Waals surface area contributed by atoms with Gasteiger partial charge in [0.1, 0.15) is 18.5 Å². The van der Waals surface area contributed by atoms with Crippen molar-refractivity contribution in [1.29, 1.82) is 0 Å². The summed E-state index contributed by atoms with van der Waals surface area (Å²) >= 11 is 3.39. The van der Waals surface area contributed by atoms with Crippen LogP contribution in [0.25, 0.3) is 11.2 Å². The fourth-order valence-electron chi connectivity index (χ4n) is 3.38. The van der Waals surface area contributed by atoms with E-state index in [2.05, 4.69) is 36.4 Å². The Labute approximate surface area is 202 Å². The van der Waals surface area contributed by atoms with E-state index in [0.717, 1.165) is 15.6 Å². The van der Waals surface area contributed by atoms with E-state index in [0.29, 0.717) is 5.75 Å². The predicted molar refractivity (Wildman–Crippen MR) is 134 cm³/mol. The van der Waals surface area contributed by atoms with Gasteiger partial charge in [-0.2, -0.15) is 10.1 Å². The number of anilines is 1. The number of nitrogens with one attached hydrogen (secondary N) is 2. The molecule has 0 spiro atoms. The standard InChI is InChI=1S/C23H23BrN6O4/c1-14-5-3-4-6-18(14)34-13-17(31)12-30-19-20(29(2)23(33)27-21(19)32)26-22(30)28-25-11-15-7-9-16(24)10-8-15/h3-11,17,31H,12-13H2,1-2H3,(H,26,28)(H,27,32,33). The highest BCUT2D eigenvalue weighted by atomic mass is 79.9. The third kappa shape index (κ3) is 5.10. The Kier molecular flexibility index (Phi) is 6.94. The first kappa shape index (κ1) is 23.5. The van der Waals surface area contributed by atoms with Gasteiger partial charge in [0.2, 0.25) is 5.95 Å². The number of H-pyrrole nitrogens is 1. The molecule has 1 atom stereocenters. The lowest BCUT2D eigenvalue weighted by molar-refractivity contribution is 0.0935. The Morgan fingerprint density at radius 3 is 2.71 bits per heavy atom. The van der Waals surface area contributed by atoms with Gasteiger partial charge in [0.25, 0.3) is 5.56 Å². The summed E-state index contributed by atoms with van der Waals surface area (Å²) in [5.74, 6) is 0.861. The minimum absolute atomic E-state index is 0.00417. The fourth-order valence-corrected chi connectivity index (χ4v) is 3.64. The van der Waals surface area contributed by atoms with E-state index >= 15 is 0 Å². The van der Waals surface area contributed by atoms with Crippen LogP contribution in [0.2, 0.25) is 0 Å². The van der Waals surface area contributed by atoms with Crippen LogP contribution in [0.4, 0.5) is 5.95 Å². The molecule has 2 aromatic carbocycles. The number of aromatic nitrogens is 4. The van der Waals surface area contributed by atoms with Crippen molar-refractivity contribution in [1.82, 2.24) is 19.1 Å². The van der Waals surface area contributed by atoms with Crippen LogP contribution in [0.15, 0.2) is 67.7 Å². The number of imidazole rings is 1. The molecule has 0 saturated heterocycles. The van der Waals surface area contributed by atoms with E-state index in [1.165, 1.54) is 16.2 Å². The van der Waals surface area contributed by atoms with Gasteiger partial charge >= 0.3 is 5.69 Å². The lowest BCUT2D eigenvalue weighted by atomic mass is 10.2. The molecule has 0 aliphatic heterocycles. The molecule has 10 nitrogen and oxygen atoms in total. The average Bonchev–Trinajstić information content (AvgIpc) is 3.17. The number of aliphatic hydroxyl groups excluding tert-OH is 1. The number of aliphatic hydroxyl groups is 1. The number of halogens is 1. The summed E-state index contributed by atoms with van der Waals surface area (Å²) in [6, 6.07) is 15.0. The quantitative estimate of drug-likeness (QED) is 0.239. The second-order valence-corrected chi connectivity index (χ2v) is 8.60. The number of hydrogen-bond donors (Lipinski definition) is 3. The minimum atomic E-state index is -0.968. The number of nitrogens with zero attached hydrogens (tertiary/aromatic N) is 4. The number of fused-ring (bicyclic) bond motifs is 1. The maximum absolute atomic E-state index is 12.6. The molecular formula is C23H23BrN6O4. The predicted octanol–water partition coefficient (Wildman–Crippen LogP) is 2.38.